The summed E-state index contributed by atoms with van der Waals surface area (Å²) >= 11 is 5.85. The normalized spacial score (nSPS) is 14.5. The molecule has 0 bridgehead atoms. The van der Waals surface area contributed by atoms with Gasteiger partial charge in [0.25, 0.3) is 5.91 Å². The first-order valence-corrected chi connectivity index (χ1v) is 22.9. The molecule has 2 aliphatic rings. The predicted octanol–water partition coefficient (Wildman–Crippen LogP) is 10.3. The monoisotopic (exact) mass is 910 g/mol. The van der Waals surface area contributed by atoms with Gasteiger partial charge in [-0.15, -0.1) is 35.1 Å². The number of hydrogen-bond acceptors (Lipinski definition) is 15. The van der Waals surface area contributed by atoms with Crippen molar-refractivity contribution in [2.45, 2.75) is 64.3 Å². The fourth-order valence-electron chi connectivity index (χ4n) is 6.42. The third-order valence-corrected chi connectivity index (χ3v) is 12.1. The molecule has 8 rings (SSSR count). The molecular formula is C42H51ClN8O5S4. The first-order chi connectivity index (χ1) is 28.4. The maximum atomic E-state index is 12.7. The molecule has 18 heteroatoms. The minimum Gasteiger partial charge on any atom is -0.476 e. The number of carboxylic acid groups (broad SMARTS) is 1. The molecule has 0 radical (unpaired) electrons. The minimum absolute atomic E-state index is 0. The first-order valence-electron chi connectivity index (χ1n) is 19.2. The summed E-state index contributed by atoms with van der Waals surface area (Å²) in [7, 11) is 0. The van der Waals surface area contributed by atoms with Crippen LogP contribution in [0.5, 0.6) is 0 Å². The number of benzene rings is 2. The number of nitrogen functional groups attached to an aromatic ring is 1. The van der Waals surface area contributed by atoms with Crippen LogP contribution in [0.2, 0.25) is 0 Å². The zero-order chi connectivity index (χ0) is 41.8. The number of para-hydroxylation sites is 4. The van der Waals surface area contributed by atoms with Gasteiger partial charge < -0.3 is 46.4 Å². The van der Waals surface area contributed by atoms with Crippen molar-refractivity contribution in [3.63, 3.8) is 0 Å². The molecule has 0 saturated carbocycles. The molecule has 6 aromatic rings. The number of aromatic carboxylic acids is 1. The second-order valence-electron chi connectivity index (χ2n) is 14.8. The number of carbonyl (C=O) groups is 2. The number of thiazole rings is 2. The van der Waals surface area contributed by atoms with E-state index in [1.165, 1.54) is 28.1 Å². The summed E-state index contributed by atoms with van der Waals surface area (Å²) in [6.07, 6.45) is 3.79. The number of anilines is 8. The standard InChI is InChI=1S/C19H20N4O2S2.C15H24N2O.C8H6N2O2S2.ClH/c24-14-5-8-23(9-6-14)17-4-2-1-3-15(17)21-18(25)16-12-27-19(22-16)20-13-7-10-26-11-13;1-15(2,3)18-12-8-10-17(11-9-12)14-7-5-4-6-13(14)16;11-7(12)6-4-14-8(10-6)9-5-1-2-13-3-5;/h1-4,7,10-12,14,24H,5-6,8-9H2,(H,20,22)(H,21,25);4-7,12H,8-11,16H2,1-3H3;1-4H,(H,9,10)(H,11,12);1H. The van der Waals surface area contributed by atoms with Crippen LogP contribution in [0.3, 0.4) is 0 Å². The summed E-state index contributed by atoms with van der Waals surface area (Å²) in [6.45, 7) is 9.96. The number of ether oxygens (including phenoxy) is 1. The second kappa shape index (κ2) is 22.2. The van der Waals surface area contributed by atoms with Crippen LogP contribution >= 0.6 is 57.8 Å². The van der Waals surface area contributed by atoms with E-state index in [9.17, 15) is 14.7 Å². The van der Waals surface area contributed by atoms with E-state index in [-0.39, 0.29) is 35.7 Å². The number of aromatic nitrogens is 2. The van der Waals surface area contributed by atoms with Crippen LogP contribution in [0.15, 0.2) is 92.9 Å². The lowest BCUT2D eigenvalue weighted by Gasteiger charge is -2.37. The van der Waals surface area contributed by atoms with Gasteiger partial charge in [0.15, 0.2) is 16.0 Å². The number of thiophene rings is 2. The van der Waals surface area contributed by atoms with Gasteiger partial charge in [0, 0.05) is 47.7 Å². The highest BCUT2D eigenvalue weighted by Gasteiger charge is 2.25. The van der Waals surface area contributed by atoms with Gasteiger partial charge in [0.05, 0.1) is 51.9 Å². The number of nitrogens with zero attached hydrogens (tertiary/aromatic N) is 4. The number of aliphatic hydroxyl groups is 1. The molecule has 60 heavy (non-hydrogen) atoms. The zero-order valence-corrected chi connectivity index (χ0v) is 37.7. The van der Waals surface area contributed by atoms with Crippen LogP contribution < -0.4 is 31.5 Å². The van der Waals surface area contributed by atoms with Crippen molar-refractivity contribution in [1.29, 1.82) is 0 Å². The molecule has 13 nitrogen and oxygen atoms in total. The van der Waals surface area contributed by atoms with E-state index < -0.39 is 5.97 Å². The number of rotatable bonds is 10. The Hall–Kier alpha value is -4.75. The van der Waals surface area contributed by atoms with E-state index in [4.69, 9.17) is 15.6 Å². The van der Waals surface area contributed by atoms with Gasteiger partial charge in [-0.25, -0.2) is 14.8 Å². The number of amides is 1. The summed E-state index contributed by atoms with van der Waals surface area (Å²) < 4.78 is 6.04. The minimum atomic E-state index is -1.00. The molecule has 2 fully saturated rings. The van der Waals surface area contributed by atoms with Crippen molar-refractivity contribution in [1.82, 2.24) is 9.97 Å². The lowest BCUT2D eigenvalue weighted by Crippen LogP contribution is -2.40. The van der Waals surface area contributed by atoms with E-state index in [0.717, 1.165) is 86.0 Å². The van der Waals surface area contributed by atoms with Crippen LogP contribution in [0, 0.1) is 0 Å². The van der Waals surface area contributed by atoms with Gasteiger partial charge in [-0.2, -0.15) is 22.7 Å². The Kier molecular flexibility index (Phi) is 17.1. The van der Waals surface area contributed by atoms with Crippen LogP contribution in [-0.4, -0.2) is 76.0 Å². The molecule has 4 aromatic heterocycles. The number of nitrogens with two attached hydrogens (primary N) is 1. The van der Waals surface area contributed by atoms with E-state index in [0.29, 0.717) is 22.1 Å². The van der Waals surface area contributed by atoms with Crippen LogP contribution in [-0.2, 0) is 4.74 Å². The second-order valence-corrected chi connectivity index (χ2v) is 18.1. The van der Waals surface area contributed by atoms with Gasteiger partial charge >= 0.3 is 5.97 Å². The lowest BCUT2D eigenvalue weighted by molar-refractivity contribution is -0.0683. The van der Waals surface area contributed by atoms with Gasteiger partial charge in [-0.05, 0) is 93.6 Å². The zero-order valence-electron chi connectivity index (χ0n) is 33.6. The smallest absolute Gasteiger partial charge is 0.355 e. The lowest BCUT2D eigenvalue weighted by atomic mass is 10.0. The Labute approximate surface area is 372 Å². The maximum Gasteiger partial charge on any atom is 0.355 e. The highest BCUT2D eigenvalue weighted by Crippen LogP contribution is 2.31. The van der Waals surface area contributed by atoms with E-state index in [1.54, 1.807) is 28.1 Å². The fraction of sp³-hybridized carbons (Fsp3) is 0.333. The largest absolute Gasteiger partial charge is 0.476 e. The third kappa shape index (κ3) is 13.9. The number of halogens is 1. The predicted molar refractivity (Wildman–Crippen MR) is 252 cm³/mol. The maximum absolute atomic E-state index is 12.7. The van der Waals surface area contributed by atoms with Crippen molar-refractivity contribution in [3.05, 3.63) is 104 Å². The molecule has 320 valence electrons. The average molecular weight is 912 g/mol. The van der Waals surface area contributed by atoms with Crippen molar-refractivity contribution in [3.8, 4) is 0 Å². The molecule has 0 aliphatic carbocycles. The molecule has 1 amide bonds. The topological polar surface area (TPSA) is 178 Å². The van der Waals surface area contributed by atoms with E-state index >= 15 is 0 Å². The van der Waals surface area contributed by atoms with E-state index in [1.807, 2.05) is 76.1 Å². The van der Waals surface area contributed by atoms with Crippen molar-refractivity contribution in [2.24, 2.45) is 0 Å². The molecule has 2 saturated heterocycles. The summed E-state index contributed by atoms with van der Waals surface area (Å²) in [6, 6.07) is 19.7. The highest BCUT2D eigenvalue weighted by atomic mass is 35.5. The summed E-state index contributed by atoms with van der Waals surface area (Å²) in [5.41, 5.74) is 12.1. The summed E-state index contributed by atoms with van der Waals surface area (Å²) in [4.78, 5) is 36.0. The summed E-state index contributed by atoms with van der Waals surface area (Å²) in [5.74, 6) is -1.23. The van der Waals surface area contributed by atoms with Crippen molar-refractivity contribution >= 4 is 114 Å². The molecule has 2 aromatic carbocycles. The molecule has 6 heterocycles. The molecule has 0 unspecified atom stereocenters. The fourth-order valence-corrected chi connectivity index (χ4v) is 9.01. The molecule has 2 aliphatic heterocycles. The number of aliphatic hydroxyl groups excluding tert-OH is 1. The molecule has 7 N–H and O–H groups in total. The van der Waals surface area contributed by atoms with Crippen molar-refractivity contribution in [2.75, 3.05) is 57.7 Å². The van der Waals surface area contributed by atoms with Gasteiger partial charge in [0.1, 0.15) is 5.69 Å². The Morgan fingerprint density at radius 3 is 1.80 bits per heavy atom. The van der Waals surface area contributed by atoms with Crippen LogP contribution in [0.1, 0.15) is 67.4 Å². The van der Waals surface area contributed by atoms with Crippen LogP contribution in [0.25, 0.3) is 0 Å². The van der Waals surface area contributed by atoms with Crippen LogP contribution in [0.4, 0.5) is 44.4 Å². The number of carbonyl (C=O) groups excluding carboxylic acids is 1. The Morgan fingerprint density at radius 1 is 0.750 bits per heavy atom. The van der Waals surface area contributed by atoms with Gasteiger partial charge in [-0.1, -0.05) is 24.3 Å². The summed E-state index contributed by atoms with van der Waals surface area (Å²) in [5, 5.41) is 40.0. The average Bonchev–Trinajstić information content (AvgIpc) is 4.07. The number of hydrogen-bond donors (Lipinski definition) is 6. The number of carboxylic acids is 1. The third-order valence-electron chi connectivity index (χ3n) is 9.20. The number of nitrogens with one attached hydrogen (secondary N) is 3. The SMILES string of the molecule is CC(C)(C)OC1CCN(c2ccccc2N)CC1.Cl.O=C(Nc1ccccc1N1CCC(O)CC1)c1csc(Nc2ccsc2)n1.O=C(O)c1csc(Nc2ccsc2)n1. The van der Waals surface area contributed by atoms with Crippen molar-refractivity contribution < 1.29 is 24.5 Å². The number of piperidine rings is 2. The molecule has 0 atom stereocenters. The highest BCUT2D eigenvalue weighted by molar-refractivity contribution is 7.14. The Bertz CT molecular complexity index is 2210. The van der Waals surface area contributed by atoms with Gasteiger partial charge in [-0.3, -0.25) is 4.79 Å². The Morgan fingerprint density at radius 2 is 1.27 bits per heavy atom. The van der Waals surface area contributed by atoms with E-state index in [2.05, 4.69) is 62.6 Å². The molecular weight excluding hydrogens is 860 g/mol. The molecule has 0 spiro atoms. The van der Waals surface area contributed by atoms with Gasteiger partial charge in [0.2, 0.25) is 0 Å². The Balaban J connectivity index is 0.000000180. The quantitative estimate of drug-likeness (QED) is 0.0718. The first kappa shape index (κ1) is 46.3.